The van der Waals surface area contributed by atoms with Crippen molar-refractivity contribution in [1.29, 1.82) is 0 Å². The fourth-order valence-electron chi connectivity index (χ4n) is 8.86. The summed E-state index contributed by atoms with van der Waals surface area (Å²) in [7, 11) is 5.43. The summed E-state index contributed by atoms with van der Waals surface area (Å²) in [6.07, 6.45) is 1.60. The van der Waals surface area contributed by atoms with Crippen LogP contribution in [0.15, 0.2) is 0 Å². The first-order valence-corrected chi connectivity index (χ1v) is 10.7. The van der Waals surface area contributed by atoms with E-state index in [-0.39, 0.29) is 71.2 Å². The van der Waals surface area contributed by atoms with Crippen LogP contribution in [0.4, 0.5) is 0 Å². The Kier molecular flexibility index (Phi) is 4.42. The average Bonchev–Trinajstić information content (AvgIpc) is 3.46. The minimum Gasteiger partial charge on any atom is -0.469 e. The highest BCUT2D eigenvalue weighted by Crippen LogP contribution is 2.79. The molecule has 8 heteroatoms. The predicted molar refractivity (Wildman–Crippen MR) is 99.2 cm³/mol. The van der Waals surface area contributed by atoms with Gasteiger partial charge in [-0.3, -0.25) is 19.2 Å². The molecular weight excluding hydrogens is 392 g/mol. The van der Waals surface area contributed by atoms with Crippen LogP contribution >= 0.6 is 0 Å². The first kappa shape index (κ1) is 19.8. The van der Waals surface area contributed by atoms with Crippen molar-refractivity contribution in [3.05, 3.63) is 0 Å². The van der Waals surface area contributed by atoms with E-state index < -0.39 is 23.7 Å². The van der Waals surface area contributed by atoms with Gasteiger partial charge in [0, 0.05) is 0 Å². The number of hydrogen-bond donors (Lipinski definition) is 0. The van der Waals surface area contributed by atoms with Crippen molar-refractivity contribution < 1.29 is 38.1 Å². The van der Waals surface area contributed by atoms with Gasteiger partial charge in [0.1, 0.15) is 0 Å². The lowest BCUT2D eigenvalue weighted by molar-refractivity contribution is -0.192. The number of methoxy groups -OCH3 is 4. The van der Waals surface area contributed by atoms with Crippen LogP contribution in [-0.2, 0) is 38.1 Å². The van der Waals surface area contributed by atoms with Gasteiger partial charge in [0.25, 0.3) is 0 Å². The molecule has 0 saturated heterocycles. The summed E-state index contributed by atoms with van der Waals surface area (Å²) >= 11 is 0. The topological polar surface area (TPSA) is 105 Å². The van der Waals surface area contributed by atoms with Crippen LogP contribution in [0.3, 0.4) is 0 Å². The summed E-state index contributed by atoms with van der Waals surface area (Å²) in [6, 6.07) is 0. The maximum atomic E-state index is 12.6. The van der Waals surface area contributed by atoms with E-state index in [0.717, 1.165) is 12.8 Å². The third kappa shape index (κ3) is 2.17. The lowest BCUT2D eigenvalue weighted by atomic mass is 9.43. The molecule has 164 valence electrons. The molecule has 30 heavy (non-hydrogen) atoms. The minimum atomic E-state index is -0.484. The maximum absolute atomic E-state index is 12.6. The van der Waals surface area contributed by atoms with E-state index >= 15 is 0 Å². The van der Waals surface area contributed by atoms with Gasteiger partial charge >= 0.3 is 23.9 Å². The molecule has 0 radical (unpaired) electrons. The third-order valence-electron chi connectivity index (χ3n) is 9.36. The number of esters is 4. The Morgan fingerprint density at radius 1 is 0.467 bits per heavy atom. The Labute approximate surface area is 174 Å². The molecule has 0 amide bonds. The smallest absolute Gasteiger partial charge is 0.309 e. The standard InChI is InChI=1S/C22H28O8/c1-27-19(23)15-7-5-8(16(15)20(24)28-2)12-11(7)13-9-6-10(14(12)13)18(22(26)30-4)17(9)21(25)29-3/h7-18H,5-6H2,1-4H3/t7-,8+,9-,10+,11?,12?,13?,14?,15-,16+,17-,18+. The number of ether oxygens (including phenoxy) is 4. The largest absolute Gasteiger partial charge is 0.469 e. The molecule has 0 spiro atoms. The van der Waals surface area contributed by atoms with E-state index in [1.54, 1.807) is 0 Å². The minimum absolute atomic E-state index is 0.0621. The fourth-order valence-corrected chi connectivity index (χ4v) is 8.86. The molecule has 4 bridgehead atoms. The normalized spacial score (nSPS) is 48.9. The Morgan fingerprint density at radius 2 is 0.667 bits per heavy atom. The molecule has 5 aliphatic rings. The zero-order valence-electron chi connectivity index (χ0n) is 17.6. The third-order valence-corrected chi connectivity index (χ3v) is 9.36. The van der Waals surface area contributed by atoms with Crippen molar-refractivity contribution in [3.8, 4) is 0 Å². The molecule has 0 aromatic heterocycles. The van der Waals surface area contributed by atoms with Gasteiger partial charge in [-0.05, 0) is 60.2 Å². The first-order chi connectivity index (χ1) is 14.4. The molecule has 5 fully saturated rings. The van der Waals surface area contributed by atoms with Gasteiger partial charge in [0.05, 0.1) is 52.1 Å². The van der Waals surface area contributed by atoms with Crippen LogP contribution < -0.4 is 0 Å². The van der Waals surface area contributed by atoms with Gasteiger partial charge in [-0.1, -0.05) is 0 Å². The summed E-state index contributed by atoms with van der Waals surface area (Å²) in [5.74, 6) is -1.95. The molecule has 5 aliphatic carbocycles. The van der Waals surface area contributed by atoms with E-state index in [1.807, 2.05) is 0 Å². The van der Waals surface area contributed by atoms with Gasteiger partial charge in [-0.25, -0.2) is 0 Å². The van der Waals surface area contributed by atoms with Crippen LogP contribution in [0, 0.1) is 71.0 Å². The number of hydrogen-bond acceptors (Lipinski definition) is 8. The van der Waals surface area contributed by atoms with Gasteiger partial charge in [-0.2, -0.15) is 0 Å². The summed E-state index contributed by atoms with van der Waals surface area (Å²) in [5.41, 5.74) is 0. The highest BCUT2D eigenvalue weighted by molar-refractivity contribution is 5.85. The zero-order chi connectivity index (χ0) is 21.5. The Bertz CT molecular complexity index is 669. The Morgan fingerprint density at radius 3 is 0.833 bits per heavy atom. The second kappa shape index (κ2) is 6.69. The van der Waals surface area contributed by atoms with Gasteiger partial charge in [-0.15, -0.1) is 0 Å². The second-order valence-electron chi connectivity index (χ2n) is 9.63. The lowest BCUT2D eigenvalue weighted by Crippen LogP contribution is -2.61. The molecule has 5 saturated carbocycles. The van der Waals surface area contributed by atoms with Crippen LogP contribution in [0.25, 0.3) is 0 Å². The highest BCUT2D eigenvalue weighted by Gasteiger charge is 2.79. The number of carbonyl (C=O) groups excluding carboxylic acids is 4. The monoisotopic (exact) mass is 420 g/mol. The Balaban J connectivity index is 1.49. The van der Waals surface area contributed by atoms with Crippen molar-refractivity contribution in [2.75, 3.05) is 28.4 Å². The number of carbonyl (C=O) groups is 4. The predicted octanol–water partition coefficient (Wildman–Crippen LogP) is 0.921. The van der Waals surface area contributed by atoms with Crippen molar-refractivity contribution in [2.45, 2.75) is 12.8 Å². The summed E-state index contributed by atoms with van der Waals surface area (Å²) < 4.78 is 20.2. The molecule has 12 atom stereocenters. The van der Waals surface area contributed by atoms with Gasteiger partial charge in [0.2, 0.25) is 0 Å². The lowest BCUT2D eigenvalue weighted by Gasteiger charge is -2.60. The number of rotatable bonds is 4. The van der Waals surface area contributed by atoms with Crippen LogP contribution in [-0.4, -0.2) is 52.3 Å². The molecule has 0 aromatic carbocycles. The molecular formula is C22H28O8. The second-order valence-corrected chi connectivity index (χ2v) is 9.63. The summed E-state index contributed by atoms with van der Waals surface area (Å²) in [4.78, 5) is 50.4. The molecule has 8 nitrogen and oxygen atoms in total. The highest BCUT2D eigenvalue weighted by atomic mass is 16.5. The quantitative estimate of drug-likeness (QED) is 0.488. The van der Waals surface area contributed by atoms with E-state index in [9.17, 15) is 19.2 Å². The molecule has 4 unspecified atom stereocenters. The van der Waals surface area contributed by atoms with E-state index in [0.29, 0.717) is 0 Å². The fraction of sp³-hybridized carbons (Fsp3) is 0.818. The van der Waals surface area contributed by atoms with Crippen LogP contribution in [0.5, 0.6) is 0 Å². The Hall–Kier alpha value is -2.12. The molecule has 5 rings (SSSR count). The molecule has 0 aliphatic heterocycles. The molecule has 0 aromatic rings. The van der Waals surface area contributed by atoms with Crippen LogP contribution in [0.1, 0.15) is 12.8 Å². The molecule has 0 N–H and O–H groups in total. The first-order valence-electron chi connectivity index (χ1n) is 10.7. The van der Waals surface area contributed by atoms with Crippen LogP contribution in [0.2, 0.25) is 0 Å². The van der Waals surface area contributed by atoms with Crippen molar-refractivity contribution in [3.63, 3.8) is 0 Å². The number of fused-ring (bicyclic) bond motifs is 12. The average molecular weight is 420 g/mol. The van der Waals surface area contributed by atoms with E-state index in [2.05, 4.69) is 0 Å². The van der Waals surface area contributed by atoms with E-state index in [4.69, 9.17) is 18.9 Å². The van der Waals surface area contributed by atoms with Crippen molar-refractivity contribution >= 4 is 23.9 Å². The molecule has 0 heterocycles. The van der Waals surface area contributed by atoms with Gasteiger partial charge in [0.15, 0.2) is 0 Å². The maximum Gasteiger partial charge on any atom is 0.309 e. The zero-order valence-corrected chi connectivity index (χ0v) is 17.6. The van der Waals surface area contributed by atoms with Crippen molar-refractivity contribution in [2.24, 2.45) is 71.0 Å². The van der Waals surface area contributed by atoms with Gasteiger partial charge < -0.3 is 18.9 Å². The SMILES string of the molecule is COC(=O)[C@@H]1[C@H](C(=O)OC)[C@@H]2C[C@H]1C1C2C2C1[C@@H]1C[C@H]2[C@@H](C(=O)OC)[C@H]1C(=O)OC. The van der Waals surface area contributed by atoms with Crippen molar-refractivity contribution in [1.82, 2.24) is 0 Å². The summed E-state index contributed by atoms with van der Waals surface area (Å²) in [5, 5.41) is 0. The summed E-state index contributed by atoms with van der Waals surface area (Å²) in [6.45, 7) is 0. The van der Waals surface area contributed by atoms with E-state index in [1.165, 1.54) is 28.4 Å².